The molecule has 2 aromatic rings. The molecular weight excluding hydrogens is 406 g/mol. The zero-order valence-corrected chi connectivity index (χ0v) is 17.2. The average Bonchev–Trinajstić information content (AvgIpc) is 3.16. The van der Waals surface area contributed by atoms with E-state index < -0.39 is 0 Å². The minimum absolute atomic E-state index is 0.0462. The first-order valence-electron chi connectivity index (χ1n) is 9.21. The van der Waals surface area contributed by atoms with Crippen molar-refractivity contribution >= 4 is 39.1 Å². The number of anilines is 2. The third-order valence-electron chi connectivity index (χ3n) is 4.47. The van der Waals surface area contributed by atoms with E-state index in [1.807, 2.05) is 38.1 Å². The normalized spacial score (nSPS) is 13.7. The number of carbonyl (C=O) groups is 2. The first-order valence-corrected chi connectivity index (χ1v) is 10.00. The number of halogens is 1. The van der Waals surface area contributed by atoms with Gasteiger partial charge in [0.15, 0.2) is 0 Å². The lowest BCUT2D eigenvalue weighted by molar-refractivity contribution is 0.0942. The Balaban J connectivity index is 1.86. The van der Waals surface area contributed by atoms with Gasteiger partial charge in [-0.25, -0.2) is 0 Å². The largest absolute Gasteiger partial charge is 0.371 e. The monoisotopic (exact) mass is 429 g/mol. The molecule has 0 aromatic heterocycles. The van der Waals surface area contributed by atoms with Crippen LogP contribution in [0.15, 0.2) is 46.9 Å². The van der Waals surface area contributed by atoms with Crippen LogP contribution in [0.4, 0.5) is 11.4 Å². The van der Waals surface area contributed by atoms with Gasteiger partial charge in [0.1, 0.15) is 0 Å². The van der Waals surface area contributed by atoms with Crippen molar-refractivity contribution in [3.63, 3.8) is 0 Å². The number of hydrogen-bond acceptors (Lipinski definition) is 3. The molecule has 5 nitrogen and oxygen atoms in total. The van der Waals surface area contributed by atoms with Gasteiger partial charge in [0.2, 0.25) is 0 Å². The van der Waals surface area contributed by atoms with E-state index in [2.05, 4.69) is 31.5 Å². The van der Waals surface area contributed by atoms with Crippen LogP contribution in [0, 0.1) is 0 Å². The Morgan fingerprint density at radius 1 is 1.00 bits per heavy atom. The van der Waals surface area contributed by atoms with Crippen LogP contribution in [0.25, 0.3) is 0 Å². The molecule has 1 aliphatic heterocycles. The molecule has 0 aliphatic carbocycles. The van der Waals surface area contributed by atoms with Crippen molar-refractivity contribution < 1.29 is 9.59 Å². The fraction of sp³-hybridized carbons (Fsp3) is 0.333. The van der Waals surface area contributed by atoms with Crippen molar-refractivity contribution in [3.05, 3.63) is 58.1 Å². The number of nitrogens with zero attached hydrogens (tertiary/aromatic N) is 1. The average molecular weight is 430 g/mol. The summed E-state index contributed by atoms with van der Waals surface area (Å²) in [5.41, 5.74) is 2.70. The molecule has 0 bridgehead atoms. The Morgan fingerprint density at radius 3 is 2.30 bits per heavy atom. The molecule has 1 heterocycles. The Morgan fingerprint density at radius 2 is 1.67 bits per heavy atom. The number of benzene rings is 2. The van der Waals surface area contributed by atoms with Gasteiger partial charge in [-0.15, -0.1) is 0 Å². The lowest BCUT2D eigenvalue weighted by Crippen LogP contribution is -2.32. The minimum atomic E-state index is -0.202. The van der Waals surface area contributed by atoms with Crippen LogP contribution in [0.2, 0.25) is 0 Å². The molecule has 0 atom stereocenters. The molecule has 0 radical (unpaired) electrons. The Hall–Kier alpha value is -2.34. The van der Waals surface area contributed by atoms with Crippen molar-refractivity contribution in [3.8, 4) is 0 Å². The highest BCUT2D eigenvalue weighted by Crippen LogP contribution is 2.28. The molecule has 27 heavy (non-hydrogen) atoms. The maximum atomic E-state index is 12.7. The van der Waals surface area contributed by atoms with Crippen LogP contribution in [-0.4, -0.2) is 30.9 Å². The van der Waals surface area contributed by atoms with Gasteiger partial charge < -0.3 is 15.5 Å². The number of rotatable bonds is 5. The van der Waals surface area contributed by atoms with Crippen LogP contribution in [0.1, 0.15) is 47.4 Å². The Kier molecular flexibility index (Phi) is 6.16. The van der Waals surface area contributed by atoms with E-state index >= 15 is 0 Å². The summed E-state index contributed by atoms with van der Waals surface area (Å²) in [6.07, 6.45) is 2.26. The first-order chi connectivity index (χ1) is 12.9. The Bertz CT molecular complexity index is 828. The Labute approximate surface area is 168 Å². The van der Waals surface area contributed by atoms with E-state index in [0.717, 1.165) is 36.1 Å². The van der Waals surface area contributed by atoms with Gasteiger partial charge in [-0.1, -0.05) is 15.9 Å². The molecule has 6 heteroatoms. The highest BCUT2D eigenvalue weighted by Gasteiger charge is 2.21. The second-order valence-corrected chi connectivity index (χ2v) is 7.93. The van der Waals surface area contributed by atoms with Crippen molar-refractivity contribution in [1.82, 2.24) is 5.32 Å². The lowest BCUT2D eigenvalue weighted by Gasteiger charge is -2.22. The van der Waals surface area contributed by atoms with E-state index in [9.17, 15) is 9.59 Å². The van der Waals surface area contributed by atoms with Crippen molar-refractivity contribution in [2.45, 2.75) is 32.7 Å². The van der Waals surface area contributed by atoms with Gasteiger partial charge in [-0.05, 0) is 69.2 Å². The number of hydrogen-bond donors (Lipinski definition) is 2. The quantitative estimate of drug-likeness (QED) is 0.738. The zero-order valence-electron chi connectivity index (χ0n) is 15.6. The molecule has 3 rings (SSSR count). The highest BCUT2D eigenvalue weighted by atomic mass is 79.9. The summed E-state index contributed by atoms with van der Waals surface area (Å²) < 4.78 is 0.918. The molecule has 2 aromatic carbocycles. The van der Waals surface area contributed by atoms with Gasteiger partial charge in [-0.2, -0.15) is 0 Å². The van der Waals surface area contributed by atoms with Gasteiger partial charge in [0.05, 0.1) is 5.56 Å². The van der Waals surface area contributed by atoms with Crippen LogP contribution in [0.3, 0.4) is 0 Å². The minimum Gasteiger partial charge on any atom is -0.371 e. The van der Waals surface area contributed by atoms with Crippen LogP contribution < -0.4 is 15.5 Å². The van der Waals surface area contributed by atoms with E-state index in [4.69, 9.17) is 0 Å². The molecule has 1 fully saturated rings. The molecule has 1 aliphatic rings. The van der Waals surface area contributed by atoms with Crippen molar-refractivity contribution in [2.75, 3.05) is 23.3 Å². The van der Waals surface area contributed by atoms with E-state index in [1.54, 1.807) is 18.2 Å². The SMILES string of the molecule is CC(C)NC(=O)c1cc(NC(=O)c2ccc(Br)cc2)ccc1N1CCCC1. The molecule has 142 valence electrons. The predicted octanol–water partition coefficient (Wildman–Crippen LogP) is 4.44. The summed E-state index contributed by atoms with van der Waals surface area (Å²) in [6, 6.07) is 12.8. The second-order valence-electron chi connectivity index (χ2n) is 7.02. The fourth-order valence-electron chi connectivity index (χ4n) is 3.17. The van der Waals surface area contributed by atoms with Gasteiger partial charge in [0.25, 0.3) is 11.8 Å². The maximum absolute atomic E-state index is 12.7. The van der Waals surface area contributed by atoms with Crippen LogP contribution in [-0.2, 0) is 0 Å². The summed E-state index contributed by atoms with van der Waals surface area (Å²) in [6.45, 7) is 5.78. The second kappa shape index (κ2) is 8.57. The molecule has 2 N–H and O–H groups in total. The number of amides is 2. The smallest absolute Gasteiger partial charge is 0.255 e. The van der Waals surface area contributed by atoms with Crippen molar-refractivity contribution in [1.29, 1.82) is 0 Å². The van der Waals surface area contributed by atoms with Gasteiger partial charge in [-0.3, -0.25) is 9.59 Å². The third-order valence-corrected chi connectivity index (χ3v) is 5.00. The summed E-state index contributed by atoms with van der Waals surface area (Å²) in [4.78, 5) is 27.4. The maximum Gasteiger partial charge on any atom is 0.255 e. The lowest BCUT2D eigenvalue weighted by atomic mass is 10.1. The topological polar surface area (TPSA) is 61.4 Å². The number of nitrogens with one attached hydrogen (secondary N) is 2. The van der Waals surface area contributed by atoms with Gasteiger partial charge >= 0.3 is 0 Å². The molecular formula is C21H24BrN3O2. The molecule has 1 saturated heterocycles. The van der Waals surface area contributed by atoms with Crippen LogP contribution >= 0.6 is 15.9 Å². The molecule has 0 spiro atoms. The van der Waals surface area contributed by atoms with E-state index in [-0.39, 0.29) is 17.9 Å². The summed E-state index contributed by atoms with van der Waals surface area (Å²) >= 11 is 3.37. The van der Waals surface area contributed by atoms with Gasteiger partial charge in [0, 0.05) is 40.5 Å². The molecule has 0 unspecified atom stereocenters. The predicted molar refractivity (Wildman–Crippen MR) is 113 cm³/mol. The fourth-order valence-corrected chi connectivity index (χ4v) is 3.44. The van der Waals surface area contributed by atoms with E-state index in [0.29, 0.717) is 16.8 Å². The molecule has 0 saturated carbocycles. The summed E-state index contributed by atoms with van der Waals surface area (Å²) in [5.74, 6) is -0.321. The van der Waals surface area contributed by atoms with Crippen LogP contribution in [0.5, 0.6) is 0 Å². The third kappa shape index (κ3) is 4.89. The first kappa shape index (κ1) is 19.4. The zero-order chi connectivity index (χ0) is 19.4. The molecule has 2 amide bonds. The number of carbonyl (C=O) groups excluding carboxylic acids is 2. The van der Waals surface area contributed by atoms with Crippen molar-refractivity contribution in [2.24, 2.45) is 0 Å². The summed E-state index contributed by atoms with van der Waals surface area (Å²) in [7, 11) is 0. The highest BCUT2D eigenvalue weighted by molar-refractivity contribution is 9.10. The summed E-state index contributed by atoms with van der Waals surface area (Å²) in [5, 5.41) is 5.85. The van der Waals surface area contributed by atoms with E-state index in [1.165, 1.54) is 0 Å². The standard InChI is InChI=1S/C21H24BrN3O2/c1-14(2)23-21(27)18-13-17(9-10-19(18)25-11-3-4-12-25)24-20(26)15-5-7-16(22)8-6-15/h5-10,13-14H,3-4,11-12H2,1-2H3,(H,23,27)(H,24,26).